The maximum absolute atomic E-state index is 11.3. The average Bonchev–Trinajstić information content (AvgIpc) is 2.60. The molecule has 0 N–H and O–H groups in total. The van der Waals surface area contributed by atoms with Gasteiger partial charge in [0, 0.05) is 5.39 Å². The van der Waals surface area contributed by atoms with Gasteiger partial charge in [-0.15, -0.1) is 0 Å². The van der Waals surface area contributed by atoms with Crippen molar-refractivity contribution < 1.29 is 9.29 Å². The second-order valence-corrected chi connectivity index (χ2v) is 9.64. The monoisotopic (exact) mass is 386 g/mol. The van der Waals surface area contributed by atoms with Crippen LogP contribution in [0.3, 0.4) is 0 Å². The van der Waals surface area contributed by atoms with Crippen LogP contribution in [0, 0.1) is 11.3 Å². The number of hydrogen-bond donors (Lipinski definition) is 0. The van der Waals surface area contributed by atoms with E-state index >= 15 is 0 Å². The van der Waals surface area contributed by atoms with Crippen LogP contribution in [-0.2, 0) is 11.4 Å². The summed E-state index contributed by atoms with van der Waals surface area (Å²) in [5.74, 6) is 1.70. The van der Waals surface area contributed by atoms with Crippen molar-refractivity contribution >= 4 is 28.0 Å². The minimum atomic E-state index is -1.22. The molecule has 1 aromatic carbocycles. The third-order valence-electron chi connectivity index (χ3n) is 5.50. The summed E-state index contributed by atoms with van der Waals surface area (Å²) in [6.07, 6.45) is 6.60. The Morgan fingerprint density at radius 2 is 1.85 bits per heavy atom. The van der Waals surface area contributed by atoms with Gasteiger partial charge in [0.15, 0.2) is 0 Å². The molecule has 1 aromatic heterocycles. The van der Waals surface area contributed by atoms with Crippen LogP contribution in [0.4, 0.5) is 0 Å². The minimum absolute atomic E-state index is 0.308. The maximum atomic E-state index is 11.3. The Labute approximate surface area is 165 Å². The Morgan fingerprint density at radius 3 is 2.48 bits per heavy atom. The molecule has 1 saturated carbocycles. The molecule has 0 bridgehead atoms. The van der Waals surface area contributed by atoms with Gasteiger partial charge in [-0.1, -0.05) is 31.2 Å². The second-order valence-electron chi connectivity index (χ2n) is 8.61. The van der Waals surface area contributed by atoms with Crippen LogP contribution in [0.2, 0.25) is 0 Å². The fraction of sp³-hybridized carbons (Fsp3) is 0.545. The first-order chi connectivity index (χ1) is 12.7. The fourth-order valence-corrected chi connectivity index (χ4v) is 4.34. The zero-order valence-corrected chi connectivity index (χ0v) is 17.8. The predicted octanol–water partition coefficient (Wildman–Crippen LogP) is 5.32. The van der Waals surface area contributed by atoms with Crippen molar-refractivity contribution in [2.75, 3.05) is 6.26 Å². The molecule has 2 aromatic rings. The van der Waals surface area contributed by atoms with E-state index in [0.717, 1.165) is 41.1 Å². The van der Waals surface area contributed by atoms with Crippen molar-refractivity contribution in [2.24, 2.45) is 15.7 Å². The van der Waals surface area contributed by atoms with Gasteiger partial charge in [-0.05, 0) is 68.2 Å². The highest BCUT2D eigenvalue weighted by Gasteiger charge is 2.30. The van der Waals surface area contributed by atoms with E-state index in [1.807, 2.05) is 31.2 Å². The maximum Gasteiger partial charge on any atom is 0.123 e. The highest BCUT2D eigenvalue weighted by molar-refractivity contribution is 7.89. The molecule has 0 saturated heterocycles. The zero-order valence-electron chi connectivity index (χ0n) is 17.0. The van der Waals surface area contributed by atoms with Gasteiger partial charge in [0.25, 0.3) is 0 Å². The van der Waals surface area contributed by atoms with E-state index in [9.17, 15) is 4.55 Å². The van der Waals surface area contributed by atoms with Crippen LogP contribution in [0.1, 0.15) is 59.1 Å². The average molecular weight is 387 g/mol. The van der Waals surface area contributed by atoms with Crippen LogP contribution in [0.15, 0.2) is 34.7 Å². The number of nitrogens with zero attached hydrogens (tertiary/aromatic N) is 2. The number of aromatic nitrogens is 1. The first-order valence-electron chi connectivity index (χ1n) is 9.69. The van der Waals surface area contributed by atoms with Gasteiger partial charge >= 0.3 is 0 Å². The van der Waals surface area contributed by atoms with Crippen molar-refractivity contribution in [1.29, 1.82) is 0 Å². The van der Waals surface area contributed by atoms with Gasteiger partial charge in [0.05, 0.1) is 28.7 Å². The SMILES string of the molecule is CC(=N[S+](C)[O-])c1ccc2cc(OC3CCC(C(C)(C)C)CC3)ccc2n1. The van der Waals surface area contributed by atoms with Gasteiger partial charge in [-0.2, -0.15) is 0 Å². The lowest BCUT2D eigenvalue weighted by atomic mass is 9.72. The molecule has 4 nitrogen and oxygen atoms in total. The lowest BCUT2D eigenvalue weighted by Gasteiger charge is -2.36. The van der Waals surface area contributed by atoms with Crippen LogP contribution < -0.4 is 4.74 Å². The molecule has 27 heavy (non-hydrogen) atoms. The summed E-state index contributed by atoms with van der Waals surface area (Å²) in [7, 11) is 0. The first kappa shape index (κ1) is 20.2. The molecular weight excluding hydrogens is 356 g/mol. The van der Waals surface area contributed by atoms with Gasteiger partial charge in [0.1, 0.15) is 17.7 Å². The minimum Gasteiger partial charge on any atom is -0.591 e. The van der Waals surface area contributed by atoms with Crippen molar-refractivity contribution in [3.8, 4) is 5.75 Å². The summed E-state index contributed by atoms with van der Waals surface area (Å²) in [4.78, 5) is 4.63. The summed E-state index contributed by atoms with van der Waals surface area (Å²) in [6, 6.07) is 10.0. The summed E-state index contributed by atoms with van der Waals surface area (Å²) >= 11 is -1.22. The van der Waals surface area contributed by atoms with Crippen molar-refractivity contribution in [2.45, 2.75) is 59.5 Å². The molecule has 1 atom stereocenters. The second kappa shape index (κ2) is 8.19. The lowest BCUT2D eigenvalue weighted by Crippen LogP contribution is -2.30. The Bertz CT molecular complexity index is 819. The van der Waals surface area contributed by atoms with E-state index in [-0.39, 0.29) is 0 Å². The number of ether oxygens (including phenoxy) is 1. The summed E-state index contributed by atoms with van der Waals surface area (Å²) in [5.41, 5.74) is 2.73. The normalized spacial score (nSPS) is 22.7. The Balaban J connectivity index is 1.69. The van der Waals surface area contributed by atoms with Gasteiger partial charge < -0.3 is 9.29 Å². The van der Waals surface area contributed by atoms with Gasteiger partial charge in [0.2, 0.25) is 0 Å². The molecule has 0 amide bonds. The summed E-state index contributed by atoms with van der Waals surface area (Å²) in [6.45, 7) is 8.86. The zero-order chi connectivity index (χ0) is 19.6. The number of benzene rings is 1. The molecule has 1 heterocycles. The van der Waals surface area contributed by atoms with E-state index < -0.39 is 11.4 Å². The van der Waals surface area contributed by atoms with Crippen molar-refractivity contribution in [3.63, 3.8) is 0 Å². The summed E-state index contributed by atoms with van der Waals surface area (Å²) in [5, 5.41) is 1.05. The molecule has 1 fully saturated rings. The third-order valence-corrected chi connectivity index (χ3v) is 6.03. The first-order valence-corrected chi connectivity index (χ1v) is 11.2. The smallest absolute Gasteiger partial charge is 0.123 e. The topological polar surface area (TPSA) is 57.5 Å². The highest BCUT2D eigenvalue weighted by Crippen LogP contribution is 2.38. The van der Waals surface area contributed by atoms with Crippen LogP contribution in [0.25, 0.3) is 10.9 Å². The molecule has 1 unspecified atom stereocenters. The van der Waals surface area contributed by atoms with E-state index in [4.69, 9.17) is 4.74 Å². The van der Waals surface area contributed by atoms with E-state index in [0.29, 0.717) is 17.2 Å². The van der Waals surface area contributed by atoms with Crippen LogP contribution in [0.5, 0.6) is 5.75 Å². The molecule has 3 rings (SSSR count). The molecule has 1 aliphatic rings. The molecular formula is C22H30N2O2S. The Morgan fingerprint density at radius 1 is 1.15 bits per heavy atom. The number of fused-ring (bicyclic) bond motifs is 1. The molecule has 1 aliphatic carbocycles. The molecule has 146 valence electrons. The Hall–Kier alpha value is -1.59. The van der Waals surface area contributed by atoms with Crippen LogP contribution >= 0.6 is 0 Å². The van der Waals surface area contributed by atoms with Crippen molar-refractivity contribution in [1.82, 2.24) is 4.98 Å². The fourth-order valence-electron chi connectivity index (χ4n) is 3.86. The summed E-state index contributed by atoms with van der Waals surface area (Å²) < 4.78 is 21.6. The highest BCUT2D eigenvalue weighted by atomic mass is 32.2. The molecule has 5 heteroatoms. The number of rotatable bonds is 4. The molecule has 0 radical (unpaired) electrons. The van der Waals surface area contributed by atoms with E-state index in [2.05, 4.69) is 36.2 Å². The van der Waals surface area contributed by atoms with Gasteiger partial charge in [-0.25, -0.2) is 4.98 Å². The van der Waals surface area contributed by atoms with E-state index in [1.165, 1.54) is 12.8 Å². The van der Waals surface area contributed by atoms with E-state index in [1.54, 1.807) is 6.26 Å². The predicted molar refractivity (Wildman–Crippen MR) is 114 cm³/mol. The quantitative estimate of drug-likeness (QED) is 0.528. The lowest BCUT2D eigenvalue weighted by molar-refractivity contribution is 0.0883. The Kier molecular flexibility index (Phi) is 6.11. The van der Waals surface area contributed by atoms with Crippen molar-refractivity contribution in [3.05, 3.63) is 36.0 Å². The van der Waals surface area contributed by atoms with Gasteiger partial charge in [-0.3, -0.25) is 0 Å². The third kappa shape index (κ3) is 5.23. The molecule has 0 spiro atoms. The molecule has 0 aliphatic heterocycles. The van der Waals surface area contributed by atoms with Crippen LogP contribution in [-0.4, -0.2) is 27.6 Å². The largest absolute Gasteiger partial charge is 0.591 e. The standard InChI is InChI=1S/C22H30N2O2S/c1-15(24-27(5)25)20-12-6-16-14-19(11-13-21(16)23-20)26-18-9-7-17(8-10-18)22(2,3)4/h6,11-14,17-18H,7-10H2,1-5H3. The number of pyridine rings is 1. The number of hydrogen-bond acceptors (Lipinski definition) is 4.